The molecule has 0 atom stereocenters. The number of hydrogen-bond donors (Lipinski definition) is 2. The number of nitrogens with one attached hydrogen (secondary N) is 2. The van der Waals surface area contributed by atoms with Crippen molar-refractivity contribution in [2.45, 2.75) is 13.1 Å². The summed E-state index contributed by atoms with van der Waals surface area (Å²) in [6, 6.07) is 20.5. The molecule has 0 saturated carbocycles. The Morgan fingerprint density at radius 1 is 0.962 bits per heavy atom. The number of nitrogens with zero attached hydrogens (tertiary/aromatic N) is 2. The first-order chi connectivity index (χ1) is 12.8. The molecule has 2 N–H and O–H groups in total. The summed E-state index contributed by atoms with van der Waals surface area (Å²) in [6.45, 7) is 0.995. The fourth-order valence-corrected chi connectivity index (χ4v) is 2.51. The lowest BCUT2D eigenvalue weighted by Crippen LogP contribution is -2.24. The van der Waals surface area contributed by atoms with Crippen LogP contribution in [0, 0.1) is 11.3 Å². The fourth-order valence-electron chi connectivity index (χ4n) is 2.51. The van der Waals surface area contributed by atoms with Gasteiger partial charge in [0.15, 0.2) is 0 Å². The van der Waals surface area contributed by atoms with Gasteiger partial charge in [-0.2, -0.15) is 5.26 Å². The molecule has 0 radical (unpaired) electrons. The third kappa shape index (κ3) is 4.46. The number of carbonyl (C=O) groups excluding carboxylic acids is 1. The third-order valence-electron chi connectivity index (χ3n) is 3.91. The average molecular weight is 342 g/mol. The number of benzene rings is 2. The zero-order chi connectivity index (χ0) is 18.2. The van der Waals surface area contributed by atoms with Crippen molar-refractivity contribution in [3.63, 3.8) is 0 Å². The molecule has 0 unspecified atom stereocenters. The molecule has 0 fully saturated rings. The van der Waals surface area contributed by atoms with Crippen LogP contribution in [0.25, 0.3) is 0 Å². The third-order valence-corrected chi connectivity index (χ3v) is 3.91. The Labute approximate surface area is 152 Å². The van der Waals surface area contributed by atoms with Crippen molar-refractivity contribution < 1.29 is 4.79 Å². The van der Waals surface area contributed by atoms with Crippen LogP contribution in [-0.2, 0) is 13.1 Å². The van der Waals surface area contributed by atoms with E-state index in [0.717, 1.165) is 16.8 Å². The average Bonchev–Trinajstić information content (AvgIpc) is 2.72. The van der Waals surface area contributed by atoms with E-state index in [1.807, 2.05) is 42.5 Å². The Bertz CT molecular complexity index is 915. The Hall–Kier alpha value is -3.65. The number of anilines is 1. The van der Waals surface area contributed by atoms with E-state index in [1.54, 1.807) is 30.6 Å². The van der Waals surface area contributed by atoms with Crippen LogP contribution in [0.2, 0.25) is 0 Å². The molecule has 128 valence electrons. The predicted molar refractivity (Wildman–Crippen MR) is 100 cm³/mol. The van der Waals surface area contributed by atoms with E-state index in [0.29, 0.717) is 24.2 Å². The van der Waals surface area contributed by atoms with Crippen molar-refractivity contribution in [3.05, 3.63) is 95.3 Å². The van der Waals surface area contributed by atoms with E-state index in [1.165, 1.54) is 0 Å². The van der Waals surface area contributed by atoms with Crippen LogP contribution in [-0.4, -0.2) is 10.9 Å². The summed E-state index contributed by atoms with van der Waals surface area (Å²) < 4.78 is 0. The lowest BCUT2D eigenvalue weighted by atomic mass is 10.1. The summed E-state index contributed by atoms with van der Waals surface area (Å²) in [4.78, 5) is 16.6. The highest BCUT2D eigenvalue weighted by molar-refractivity contribution is 5.99. The van der Waals surface area contributed by atoms with Gasteiger partial charge in [-0.05, 0) is 41.5 Å². The largest absolute Gasteiger partial charge is 0.380 e. The summed E-state index contributed by atoms with van der Waals surface area (Å²) in [7, 11) is 0. The molecule has 5 nitrogen and oxygen atoms in total. The smallest absolute Gasteiger partial charge is 0.253 e. The van der Waals surface area contributed by atoms with Crippen molar-refractivity contribution in [2.75, 3.05) is 5.32 Å². The molecular formula is C21H18N4O. The Balaban J connectivity index is 1.64. The lowest BCUT2D eigenvalue weighted by Gasteiger charge is -2.12. The van der Waals surface area contributed by atoms with Crippen LogP contribution in [0.5, 0.6) is 0 Å². The SMILES string of the molecule is N#Cc1ccc(CNC(=O)c2ccccc2NCc2cccnc2)cc1. The maximum absolute atomic E-state index is 12.6. The van der Waals surface area contributed by atoms with Gasteiger partial charge in [0.25, 0.3) is 5.91 Å². The highest BCUT2D eigenvalue weighted by Gasteiger charge is 2.10. The zero-order valence-electron chi connectivity index (χ0n) is 14.1. The summed E-state index contributed by atoms with van der Waals surface area (Å²) in [5.41, 5.74) is 3.95. The second-order valence-electron chi connectivity index (χ2n) is 5.75. The minimum Gasteiger partial charge on any atom is -0.380 e. The number of carbonyl (C=O) groups is 1. The lowest BCUT2D eigenvalue weighted by molar-refractivity contribution is 0.0951. The number of aromatic nitrogens is 1. The second kappa shape index (κ2) is 8.45. The van der Waals surface area contributed by atoms with Crippen LogP contribution in [0.3, 0.4) is 0 Å². The van der Waals surface area contributed by atoms with Gasteiger partial charge < -0.3 is 10.6 Å². The van der Waals surface area contributed by atoms with E-state index < -0.39 is 0 Å². The monoisotopic (exact) mass is 342 g/mol. The molecule has 3 aromatic rings. The Morgan fingerprint density at radius 3 is 2.50 bits per heavy atom. The zero-order valence-corrected chi connectivity index (χ0v) is 14.1. The van der Waals surface area contributed by atoms with Gasteiger partial charge in [0.05, 0.1) is 17.2 Å². The van der Waals surface area contributed by atoms with Gasteiger partial charge in [-0.15, -0.1) is 0 Å². The van der Waals surface area contributed by atoms with E-state index in [-0.39, 0.29) is 5.91 Å². The molecule has 3 rings (SSSR count). The number of para-hydroxylation sites is 1. The van der Waals surface area contributed by atoms with Gasteiger partial charge in [-0.3, -0.25) is 9.78 Å². The Morgan fingerprint density at radius 2 is 1.77 bits per heavy atom. The van der Waals surface area contributed by atoms with Crippen molar-refractivity contribution in [2.24, 2.45) is 0 Å². The minimum atomic E-state index is -0.149. The summed E-state index contributed by atoms with van der Waals surface area (Å²) >= 11 is 0. The quantitative estimate of drug-likeness (QED) is 0.719. The molecule has 1 heterocycles. The summed E-state index contributed by atoms with van der Waals surface area (Å²) in [5, 5.41) is 15.0. The molecule has 0 aliphatic carbocycles. The molecule has 26 heavy (non-hydrogen) atoms. The van der Waals surface area contributed by atoms with E-state index >= 15 is 0 Å². The van der Waals surface area contributed by atoms with Gasteiger partial charge in [-0.25, -0.2) is 0 Å². The molecule has 2 aromatic carbocycles. The molecule has 0 saturated heterocycles. The number of nitriles is 1. The maximum Gasteiger partial charge on any atom is 0.253 e. The molecule has 0 bridgehead atoms. The fraction of sp³-hybridized carbons (Fsp3) is 0.0952. The van der Waals surface area contributed by atoms with E-state index in [2.05, 4.69) is 21.7 Å². The van der Waals surface area contributed by atoms with E-state index in [9.17, 15) is 4.79 Å². The van der Waals surface area contributed by atoms with Crippen LogP contribution in [0.4, 0.5) is 5.69 Å². The molecule has 1 amide bonds. The highest BCUT2D eigenvalue weighted by atomic mass is 16.1. The van der Waals surface area contributed by atoms with Gasteiger partial charge in [-0.1, -0.05) is 30.3 Å². The topological polar surface area (TPSA) is 77.8 Å². The first kappa shape index (κ1) is 17.2. The van der Waals surface area contributed by atoms with Crippen molar-refractivity contribution >= 4 is 11.6 Å². The van der Waals surface area contributed by atoms with E-state index in [4.69, 9.17) is 5.26 Å². The number of rotatable bonds is 6. The van der Waals surface area contributed by atoms with Crippen molar-refractivity contribution in [3.8, 4) is 6.07 Å². The Kier molecular flexibility index (Phi) is 5.58. The molecule has 5 heteroatoms. The van der Waals surface area contributed by atoms with Crippen LogP contribution in [0.1, 0.15) is 27.0 Å². The van der Waals surface area contributed by atoms with Crippen LogP contribution < -0.4 is 10.6 Å². The van der Waals surface area contributed by atoms with Crippen molar-refractivity contribution in [1.82, 2.24) is 10.3 Å². The molecule has 1 aromatic heterocycles. The predicted octanol–water partition coefficient (Wildman–Crippen LogP) is 3.50. The molecular weight excluding hydrogens is 324 g/mol. The van der Waals surface area contributed by atoms with Crippen LogP contribution in [0.15, 0.2) is 73.1 Å². The highest BCUT2D eigenvalue weighted by Crippen LogP contribution is 2.16. The summed E-state index contributed by atoms with van der Waals surface area (Å²) in [6.07, 6.45) is 3.52. The standard InChI is InChI=1S/C21H18N4O/c22-12-16-7-9-17(10-8-16)14-25-21(26)19-5-1-2-6-20(19)24-15-18-4-3-11-23-13-18/h1-11,13,24H,14-15H2,(H,25,26). The minimum absolute atomic E-state index is 0.149. The maximum atomic E-state index is 12.6. The molecule has 0 aliphatic rings. The normalized spacial score (nSPS) is 9.96. The van der Waals surface area contributed by atoms with Crippen LogP contribution >= 0.6 is 0 Å². The summed E-state index contributed by atoms with van der Waals surface area (Å²) in [5.74, 6) is -0.149. The molecule has 0 aliphatic heterocycles. The first-order valence-electron chi connectivity index (χ1n) is 8.25. The van der Waals surface area contributed by atoms with Gasteiger partial charge in [0, 0.05) is 31.2 Å². The number of hydrogen-bond acceptors (Lipinski definition) is 4. The van der Waals surface area contributed by atoms with Gasteiger partial charge in [0.1, 0.15) is 0 Å². The first-order valence-corrected chi connectivity index (χ1v) is 8.25. The second-order valence-corrected chi connectivity index (χ2v) is 5.75. The number of amides is 1. The van der Waals surface area contributed by atoms with Crippen molar-refractivity contribution in [1.29, 1.82) is 5.26 Å². The number of pyridine rings is 1. The van der Waals surface area contributed by atoms with Gasteiger partial charge >= 0.3 is 0 Å². The molecule has 0 spiro atoms. The van der Waals surface area contributed by atoms with Gasteiger partial charge in [0.2, 0.25) is 0 Å².